The maximum atomic E-state index is 13.2. The van der Waals surface area contributed by atoms with Crippen LogP contribution < -0.4 is 10.1 Å². The lowest BCUT2D eigenvalue weighted by molar-refractivity contribution is 0.0328. The molecule has 2 N–H and O–H groups in total. The summed E-state index contributed by atoms with van der Waals surface area (Å²) in [5, 5.41) is 13.9. The van der Waals surface area contributed by atoms with Crippen LogP contribution in [0, 0.1) is 17.7 Å². The number of fused-ring (bicyclic) bond motifs is 1. The summed E-state index contributed by atoms with van der Waals surface area (Å²) in [5.74, 6) is 0.878. The summed E-state index contributed by atoms with van der Waals surface area (Å²) < 4.78 is 18.3. The minimum absolute atomic E-state index is 0.136. The molecule has 0 aromatic heterocycles. The fourth-order valence-electron chi connectivity index (χ4n) is 4.42. The van der Waals surface area contributed by atoms with Crippen LogP contribution in [0.1, 0.15) is 18.4 Å². The van der Waals surface area contributed by atoms with Crippen molar-refractivity contribution in [3.63, 3.8) is 0 Å². The molecule has 27 heavy (non-hydrogen) atoms. The summed E-state index contributed by atoms with van der Waals surface area (Å²) in [6.07, 6.45) is 1.18. The number of urea groups is 1. The molecule has 2 atom stereocenters. The van der Waals surface area contributed by atoms with Crippen molar-refractivity contribution in [2.45, 2.75) is 18.4 Å². The Kier molecular flexibility index (Phi) is 4.52. The second-order valence-electron chi connectivity index (χ2n) is 7.53. The predicted molar refractivity (Wildman–Crippen MR) is 100 cm³/mol. The van der Waals surface area contributed by atoms with E-state index in [1.165, 1.54) is 12.1 Å². The Bertz CT molecular complexity index is 826. The number of nitrogens with one attached hydrogen (secondary N) is 1. The topological polar surface area (TPSA) is 61.8 Å². The first-order chi connectivity index (χ1) is 13.0. The van der Waals surface area contributed by atoms with Crippen LogP contribution in [-0.2, 0) is 5.60 Å². The third-order valence-corrected chi connectivity index (χ3v) is 5.77. The zero-order valence-electron chi connectivity index (χ0n) is 15.2. The molecule has 5 nitrogen and oxygen atoms in total. The molecule has 1 heterocycles. The molecule has 1 aliphatic heterocycles. The highest BCUT2D eigenvalue weighted by Gasteiger charge is 2.49. The number of aliphatic hydroxyl groups is 1. The van der Waals surface area contributed by atoms with E-state index in [0.29, 0.717) is 37.4 Å². The number of hydrogen-bond donors (Lipinski definition) is 2. The normalized spacial score (nSPS) is 26.7. The van der Waals surface area contributed by atoms with Crippen molar-refractivity contribution in [3.8, 4) is 5.75 Å². The van der Waals surface area contributed by atoms with Crippen molar-refractivity contribution in [3.05, 3.63) is 59.9 Å². The Labute approximate surface area is 157 Å². The fourth-order valence-corrected chi connectivity index (χ4v) is 4.42. The molecule has 0 bridgehead atoms. The Morgan fingerprint density at radius 3 is 2.48 bits per heavy atom. The summed E-state index contributed by atoms with van der Waals surface area (Å²) in [5.41, 5.74) is 0.517. The van der Waals surface area contributed by atoms with Gasteiger partial charge in [0.05, 0.1) is 12.7 Å². The van der Waals surface area contributed by atoms with Crippen LogP contribution in [0.4, 0.5) is 14.9 Å². The van der Waals surface area contributed by atoms with E-state index in [1.807, 2.05) is 18.2 Å². The smallest absolute Gasteiger partial charge is 0.321 e. The van der Waals surface area contributed by atoms with Crippen LogP contribution in [0.2, 0.25) is 0 Å². The molecule has 2 unspecified atom stereocenters. The maximum absolute atomic E-state index is 13.2. The number of likely N-dealkylation sites (tertiary alicyclic amines) is 1. The first-order valence-corrected chi connectivity index (χ1v) is 9.15. The summed E-state index contributed by atoms with van der Waals surface area (Å²) in [6, 6.07) is 13.2. The van der Waals surface area contributed by atoms with Gasteiger partial charge < -0.3 is 20.1 Å². The molecule has 6 heteroatoms. The summed E-state index contributed by atoms with van der Waals surface area (Å²) in [4.78, 5) is 14.4. The number of rotatable bonds is 3. The summed E-state index contributed by atoms with van der Waals surface area (Å²) in [6.45, 7) is 1.23. The number of hydrogen-bond acceptors (Lipinski definition) is 3. The quantitative estimate of drug-likeness (QED) is 0.868. The third-order valence-electron chi connectivity index (χ3n) is 5.77. The Balaban J connectivity index is 1.39. The van der Waals surface area contributed by atoms with Gasteiger partial charge in [0.25, 0.3) is 0 Å². The Morgan fingerprint density at radius 1 is 1.19 bits per heavy atom. The van der Waals surface area contributed by atoms with Crippen molar-refractivity contribution in [2.75, 3.05) is 25.5 Å². The molecule has 0 spiro atoms. The number of ether oxygens (including phenoxy) is 1. The molecule has 0 radical (unpaired) electrons. The number of carbonyl (C=O) groups excluding carboxylic acids is 1. The number of methoxy groups -OCH3 is 1. The van der Waals surface area contributed by atoms with Gasteiger partial charge in [-0.3, -0.25) is 0 Å². The summed E-state index contributed by atoms with van der Waals surface area (Å²) in [7, 11) is 1.59. The lowest BCUT2D eigenvalue weighted by Crippen LogP contribution is -2.35. The maximum Gasteiger partial charge on any atom is 0.321 e. The van der Waals surface area contributed by atoms with Crippen LogP contribution in [-0.4, -0.2) is 36.2 Å². The summed E-state index contributed by atoms with van der Waals surface area (Å²) >= 11 is 0. The largest absolute Gasteiger partial charge is 0.497 e. The second kappa shape index (κ2) is 6.85. The number of nitrogens with zero attached hydrogens (tertiary/aromatic N) is 1. The van der Waals surface area contributed by atoms with Crippen molar-refractivity contribution in [2.24, 2.45) is 11.8 Å². The molecule has 4 rings (SSSR count). The van der Waals surface area contributed by atoms with Gasteiger partial charge in [-0.25, -0.2) is 9.18 Å². The zero-order valence-corrected chi connectivity index (χ0v) is 15.2. The van der Waals surface area contributed by atoms with Gasteiger partial charge in [0.2, 0.25) is 0 Å². The molecule has 2 fully saturated rings. The molecular weight excluding hydrogens is 347 g/mol. The van der Waals surface area contributed by atoms with Crippen LogP contribution in [0.3, 0.4) is 0 Å². The highest BCUT2D eigenvalue weighted by atomic mass is 19.1. The molecule has 2 aromatic carbocycles. The van der Waals surface area contributed by atoms with Crippen LogP contribution >= 0.6 is 0 Å². The van der Waals surface area contributed by atoms with E-state index < -0.39 is 5.60 Å². The number of halogens is 1. The van der Waals surface area contributed by atoms with E-state index in [9.17, 15) is 14.3 Å². The van der Waals surface area contributed by atoms with Gasteiger partial charge >= 0.3 is 6.03 Å². The number of amides is 2. The minimum Gasteiger partial charge on any atom is -0.497 e. The van der Waals surface area contributed by atoms with Crippen molar-refractivity contribution >= 4 is 11.7 Å². The van der Waals surface area contributed by atoms with Crippen molar-refractivity contribution in [1.29, 1.82) is 0 Å². The Hall–Kier alpha value is -2.60. The molecular formula is C21H23FN2O3. The molecule has 1 aliphatic carbocycles. The average Bonchev–Trinajstić information content (AvgIpc) is 3.18. The highest BCUT2D eigenvalue weighted by molar-refractivity contribution is 5.89. The van der Waals surface area contributed by atoms with Crippen LogP contribution in [0.15, 0.2) is 48.5 Å². The second-order valence-corrected chi connectivity index (χ2v) is 7.53. The lowest BCUT2D eigenvalue weighted by Gasteiger charge is -2.26. The van der Waals surface area contributed by atoms with Crippen molar-refractivity contribution < 1.29 is 19.0 Å². The van der Waals surface area contributed by atoms with Gasteiger partial charge in [0.1, 0.15) is 11.6 Å². The van der Waals surface area contributed by atoms with Gasteiger partial charge in [-0.15, -0.1) is 0 Å². The lowest BCUT2D eigenvalue weighted by atomic mass is 9.90. The van der Waals surface area contributed by atoms with E-state index in [1.54, 1.807) is 30.2 Å². The van der Waals surface area contributed by atoms with E-state index in [2.05, 4.69) is 5.32 Å². The highest BCUT2D eigenvalue weighted by Crippen LogP contribution is 2.49. The zero-order chi connectivity index (χ0) is 19.0. The van der Waals surface area contributed by atoms with E-state index >= 15 is 0 Å². The molecule has 142 valence electrons. The van der Waals surface area contributed by atoms with Gasteiger partial charge in [-0.1, -0.05) is 18.2 Å². The van der Waals surface area contributed by atoms with Crippen LogP contribution in [0.5, 0.6) is 5.75 Å². The minimum atomic E-state index is -0.932. The average molecular weight is 370 g/mol. The third kappa shape index (κ3) is 3.49. The number of carbonyl (C=O) groups is 1. The molecule has 1 saturated carbocycles. The standard InChI is InChI=1S/C21H23FN2O3/c1-27-19-4-2-3-18(9-19)23-20(25)24-12-14-10-21(26,11-15(14)13-24)16-5-7-17(22)8-6-16/h2-9,14-15,26H,10-13H2,1H3,(H,23,25). The fraction of sp³-hybridized carbons (Fsp3) is 0.381. The molecule has 2 amide bonds. The SMILES string of the molecule is COc1cccc(NC(=O)N2CC3CC(O)(c4ccc(F)cc4)CC3C2)c1. The molecule has 2 aliphatic rings. The Morgan fingerprint density at radius 2 is 1.85 bits per heavy atom. The monoisotopic (exact) mass is 370 g/mol. The van der Waals surface area contributed by atoms with Gasteiger partial charge in [0.15, 0.2) is 0 Å². The molecule has 2 aromatic rings. The predicted octanol–water partition coefficient (Wildman–Crippen LogP) is 3.60. The van der Waals surface area contributed by atoms with Crippen molar-refractivity contribution in [1.82, 2.24) is 4.90 Å². The van der Waals surface area contributed by atoms with E-state index in [-0.39, 0.29) is 23.7 Å². The number of anilines is 1. The van der Waals surface area contributed by atoms with Gasteiger partial charge in [0, 0.05) is 24.8 Å². The van der Waals surface area contributed by atoms with Gasteiger partial charge in [-0.2, -0.15) is 0 Å². The first-order valence-electron chi connectivity index (χ1n) is 9.15. The van der Waals surface area contributed by atoms with E-state index in [0.717, 1.165) is 5.56 Å². The number of benzene rings is 2. The first kappa shape index (κ1) is 17.8. The van der Waals surface area contributed by atoms with Crippen LogP contribution in [0.25, 0.3) is 0 Å². The van der Waals surface area contributed by atoms with Gasteiger partial charge in [-0.05, 0) is 54.5 Å². The van der Waals surface area contributed by atoms with E-state index in [4.69, 9.17) is 4.74 Å². The molecule has 1 saturated heterocycles.